The van der Waals surface area contributed by atoms with Gasteiger partial charge in [0.1, 0.15) is 11.4 Å². The average Bonchev–Trinajstić information content (AvgIpc) is 2.77. The highest BCUT2D eigenvalue weighted by atomic mass is 16.2. The minimum atomic E-state index is -0.665. The molecule has 1 aromatic heterocycles. The van der Waals surface area contributed by atoms with E-state index in [1.807, 2.05) is 35.3 Å². The molecular weight excluding hydrogens is 278 g/mol. The van der Waals surface area contributed by atoms with Gasteiger partial charge in [-0.2, -0.15) is 0 Å². The molecule has 1 amide bonds. The third-order valence-corrected chi connectivity index (χ3v) is 4.42. The molecule has 0 spiro atoms. The van der Waals surface area contributed by atoms with Crippen molar-refractivity contribution in [1.29, 1.82) is 0 Å². The number of hydrogen-bond acceptors (Lipinski definition) is 3. The minimum absolute atomic E-state index is 0.107. The van der Waals surface area contributed by atoms with E-state index < -0.39 is 5.66 Å². The highest BCUT2D eigenvalue weighted by Gasteiger charge is 2.49. The van der Waals surface area contributed by atoms with Gasteiger partial charge in [-0.15, -0.1) is 5.73 Å². The monoisotopic (exact) mass is 293 g/mol. The smallest absolute Gasteiger partial charge is 0.272 e. The predicted octanol–water partition coefficient (Wildman–Crippen LogP) is 0.811. The highest BCUT2D eigenvalue weighted by molar-refractivity contribution is 5.94. The van der Waals surface area contributed by atoms with Crippen LogP contribution in [0.1, 0.15) is 10.5 Å². The number of amides is 1. The van der Waals surface area contributed by atoms with E-state index in [4.69, 9.17) is 0 Å². The van der Waals surface area contributed by atoms with Crippen molar-refractivity contribution in [2.24, 2.45) is 0 Å². The fourth-order valence-corrected chi connectivity index (χ4v) is 3.40. The van der Waals surface area contributed by atoms with E-state index in [9.17, 15) is 9.59 Å². The third-order valence-electron chi connectivity index (χ3n) is 4.42. The molecule has 2 aliphatic heterocycles. The molecule has 4 rings (SSSR count). The number of pyridine rings is 1. The van der Waals surface area contributed by atoms with Crippen molar-refractivity contribution >= 4 is 5.91 Å². The van der Waals surface area contributed by atoms with E-state index in [-0.39, 0.29) is 11.5 Å². The molecule has 0 bridgehead atoms. The van der Waals surface area contributed by atoms with Crippen molar-refractivity contribution in [3.63, 3.8) is 0 Å². The lowest BCUT2D eigenvalue weighted by molar-refractivity contribution is 0.0509. The van der Waals surface area contributed by atoms with Gasteiger partial charge in [0.05, 0.1) is 6.54 Å². The molecule has 110 valence electrons. The number of allylic oxidation sites excluding steroid dienone is 3. The molecule has 5 heteroatoms. The van der Waals surface area contributed by atoms with Crippen LogP contribution < -0.4 is 10.9 Å². The number of aromatic nitrogens is 1. The molecule has 0 saturated carbocycles. The number of carbonyl (C=O) groups is 1. The molecule has 3 heterocycles. The maximum absolute atomic E-state index is 12.8. The lowest BCUT2D eigenvalue weighted by atomic mass is 9.94. The van der Waals surface area contributed by atoms with Crippen LogP contribution in [0.4, 0.5) is 0 Å². The van der Waals surface area contributed by atoms with Crippen LogP contribution in [0.15, 0.2) is 64.7 Å². The van der Waals surface area contributed by atoms with Crippen LogP contribution in [0.2, 0.25) is 0 Å². The number of nitrogens with one attached hydrogen (secondary N) is 1. The summed E-state index contributed by atoms with van der Waals surface area (Å²) in [6.07, 6.45) is 9.46. The van der Waals surface area contributed by atoms with Crippen molar-refractivity contribution in [1.82, 2.24) is 14.8 Å². The largest absolute Gasteiger partial charge is 0.312 e. The van der Waals surface area contributed by atoms with Gasteiger partial charge in [0.2, 0.25) is 0 Å². The van der Waals surface area contributed by atoms with E-state index in [1.165, 1.54) is 6.07 Å². The maximum Gasteiger partial charge on any atom is 0.272 e. The van der Waals surface area contributed by atoms with Gasteiger partial charge in [0.25, 0.3) is 11.5 Å². The Labute approximate surface area is 127 Å². The molecular formula is C17H15N3O2. The Kier molecular flexibility index (Phi) is 2.79. The van der Waals surface area contributed by atoms with Gasteiger partial charge >= 0.3 is 0 Å². The second kappa shape index (κ2) is 4.70. The van der Waals surface area contributed by atoms with E-state index in [1.54, 1.807) is 16.7 Å². The van der Waals surface area contributed by atoms with Crippen LogP contribution in [-0.4, -0.2) is 34.1 Å². The first-order valence-corrected chi connectivity index (χ1v) is 7.29. The molecule has 1 saturated heterocycles. The number of carbonyl (C=O) groups excluding carboxylic acids is 1. The van der Waals surface area contributed by atoms with Gasteiger partial charge in [-0.05, 0) is 29.9 Å². The fourth-order valence-electron chi connectivity index (χ4n) is 3.40. The summed E-state index contributed by atoms with van der Waals surface area (Å²) in [7, 11) is 0. The molecule has 3 aliphatic rings. The van der Waals surface area contributed by atoms with Gasteiger partial charge in [-0.25, -0.2) is 0 Å². The van der Waals surface area contributed by atoms with Crippen LogP contribution in [0.3, 0.4) is 0 Å². The van der Waals surface area contributed by atoms with E-state index in [0.29, 0.717) is 25.3 Å². The number of nitrogens with zero attached hydrogens (tertiary/aromatic N) is 2. The molecule has 0 aromatic carbocycles. The second-order valence-electron chi connectivity index (χ2n) is 5.56. The van der Waals surface area contributed by atoms with Gasteiger partial charge in [-0.1, -0.05) is 18.2 Å². The summed E-state index contributed by atoms with van der Waals surface area (Å²) in [4.78, 5) is 26.8. The first-order valence-electron chi connectivity index (χ1n) is 7.29. The Hall–Kier alpha value is -2.62. The molecule has 1 atom stereocenters. The summed E-state index contributed by atoms with van der Waals surface area (Å²) < 4.78 is 1.56. The zero-order valence-corrected chi connectivity index (χ0v) is 12.0. The Morgan fingerprint density at radius 1 is 1.23 bits per heavy atom. The third kappa shape index (κ3) is 1.70. The predicted molar refractivity (Wildman–Crippen MR) is 82.3 cm³/mol. The molecule has 0 radical (unpaired) electrons. The van der Waals surface area contributed by atoms with E-state index >= 15 is 0 Å². The highest BCUT2D eigenvalue weighted by Crippen LogP contribution is 2.33. The van der Waals surface area contributed by atoms with Crippen molar-refractivity contribution in [2.45, 2.75) is 12.2 Å². The summed E-state index contributed by atoms with van der Waals surface area (Å²) in [5.74, 6) is -0.107. The molecule has 1 unspecified atom stereocenters. The Morgan fingerprint density at radius 2 is 2.14 bits per heavy atom. The molecule has 1 N–H and O–H groups in total. The molecule has 1 aromatic rings. The zero-order valence-electron chi connectivity index (χ0n) is 12.0. The first kappa shape index (κ1) is 13.1. The molecule has 1 fully saturated rings. The Morgan fingerprint density at radius 3 is 3.05 bits per heavy atom. The molecule has 1 aliphatic carbocycles. The molecule has 22 heavy (non-hydrogen) atoms. The van der Waals surface area contributed by atoms with Crippen LogP contribution >= 0.6 is 0 Å². The van der Waals surface area contributed by atoms with Gasteiger partial charge in [0.15, 0.2) is 0 Å². The average molecular weight is 293 g/mol. The quantitative estimate of drug-likeness (QED) is 0.780. The standard InChI is InChI=1S/C17H15N3O2/c21-15-9-5-8-14-16(22)20-11-10-18-17(20,12-19(14)15)13-6-3-1-2-4-7-13/h1,3-9,18H,10-12H2. The van der Waals surface area contributed by atoms with E-state index in [2.05, 4.69) is 11.0 Å². The van der Waals surface area contributed by atoms with Crippen LogP contribution in [0.25, 0.3) is 0 Å². The molecule has 5 nitrogen and oxygen atoms in total. The van der Waals surface area contributed by atoms with Crippen molar-refractivity contribution in [3.8, 4) is 0 Å². The van der Waals surface area contributed by atoms with Gasteiger partial charge in [0, 0.05) is 19.2 Å². The second-order valence-corrected chi connectivity index (χ2v) is 5.56. The zero-order chi connectivity index (χ0) is 15.2. The van der Waals surface area contributed by atoms with E-state index in [0.717, 1.165) is 5.57 Å². The topological polar surface area (TPSA) is 54.3 Å². The maximum atomic E-state index is 12.8. The number of hydrogen-bond donors (Lipinski definition) is 1. The SMILES string of the molecule is O=C1c2cccc(=O)n2CC2(C3=CC=C=CC=C3)NCCN12. The summed E-state index contributed by atoms with van der Waals surface area (Å²) in [6.45, 7) is 1.75. The summed E-state index contributed by atoms with van der Waals surface area (Å²) >= 11 is 0. The lowest BCUT2D eigenvalue weighted by Gasteiger charge is -2.43. The Bertz CT molecular complexity index is 840. The Balaban J connectivity index is 1.91. The minimum Gasteiger partial charge on any atom is -0.312 e. The fraction of sp³-hybridized carbons (Fsp3) is 0.235. The summed E-state index contributed by atoms with van der Waals surface area (Å²) in [5.41, 5.74) is 3.63. The first-order chi connectivity index (χ1) is 10.7. The van der Waals surface area contributed by atoms with Gasteiger partial charge in [-0.3, -0.25) is 19.5 Å². The summed E-state index contributed by atoms with van der Waals surface area (Å²) in [6, 6.07) is 4.85. The lowest BCUT2D eigenvalue weighted by Crippen LogP contribution is -2.62. The van der Waals surface area contributed by atoms with Gasteiger partial charge < -0.3 is 4.90 Å². The van der Waals surface area contributed by atoms with Crippen LogP contribution in [-0.2, 0) is 6.54 Å². The number of rotatable bonds is 1. The van der Waals surface area contributed by atoms with Crippen LogP contribution in [0.5, 0.6) is 0 Å². The summed E-state index contributed by atoms with van der Waals surface area (Å²) in [5, 5.41) is 3.43. The van der Waals surface area contributed by atoms with Crippen molar-refractivity contribution in [2.75, 3.05) is 13.1 Å². The normalized spacial score (nSPS) is 25.7. The van der Waals surface area contributed by atoms with Crippen LogP contribution in [0, 0.1) is 0 Å². The number of fused-ring (bicyclic) bond motifs is 2. The van der Waals surface area contributed by atoms with Crippen molar-refractivity contribution in [3.05, 3.63) is 75.9 Å². The van der Waals surface area contributed by atoms with Crippen molar-refractivity contribution < 1.29 is 4.79 Å².